The van der Waals surface area contributed by atoms with Gasteiger partial charge in [0.25, 0.3) is 0 Å². The van der Waals surface area contributed by atoms with Crippen LogP contribution in [0.4, 0.5) is 0 Å². The van der Waals surface area contributed by atoms with Crippen LogP contribution in [0, 0.1) is 0 Å². The van der Waals surface area contributed by atoms with Crippen molar-refractivity contribution in [2.45, 2.75) is 6.92 Å². The zero-order chi connectivity index (χ0) is 10.6. The first kappa shape index (κ1) is 10.8. The van der Waals surface area contributed by atoms with Crippen LogP contribution < -0.4 is 4.74 Å². The van der Waals surface area contributed by atoms with Gasteiger partial charge in [0.2, 0.25) is 0 Å². The monoisotopic (exact) mass is 210 g/mol. The lowest BCUT2D eigenvalue weighted by atomic mass is 10.1. The Balaban J connectivity index is 3.11. The van der Waals surface area contributed by atoms with E-state index in [-0.39, 0.29) is 5.78 Å². The minimum absolute atomic E-state index is 0.0213. The SMILES string of the molecule is COc1cccc(Cl)c1/C=C/C(C)=O. The maximum Gasteiger partial charge on any atom is 0.152 e. The predicted octanol–water partition coefficient (Wildman–Crippen LogP) is 2.95. The van der Waals surface area contributed by atoms with Crippen LogP contribution in [0.2, 0.25) is 5.02 Å². The molecule has 0 radical (unpaired) electrons. The van der Waals surface area contributed by atoms with Crippen LogP contribution in [0.15, 0.2) is 24.3 Å². The fourth-order valence-electron chi connectivity index (χ4n) is 1.06. The first-order valence-corrected chi connectivity index (χ1v) is 4.54. The van der Waals surface area contributed by atoms with Crippen molar-refractivity contribution in [2.24, 2.45) is 0 Å². The third-order valence-electron chi connectivity index (χ3n) is 1.72. The number of methoxy groups -OCH3 is 1. The second-order valence-electron chi connectivity index (χ2n) is 2.80. The molecule has 1 aromatic carbocycles. The summed E-state index contributed by atoms with van der Waals surface area (Å²) in [6.07, 6.45) is 3.12. The van der Waals surface area contributed by atoms with Gasteiger partial charge in [-0.1, -0.05) is 17.7 Å². The fourth-order valence-corrected chi connectivity index (χ4v) is 1.29. The Morgan fingerprint density at radius 2 is 2.21 bits per heavy atom. The highest BCUT2D eigenvalue weighted by Crippen LogP contribution is 2.27. The molecule has 0 aliphatic heterocycles. The zero-order valence-electron chi connectivity index (χ0n) is 8.08. The lowest BCUT2D eigenvalue weighted by Crippen LogP contribution is -1.88. The third kappa shape index (κ3) is 2.60. The molecule has 0 spiro atoms. The number of carbonyl (C=O) groups excluding carboxylic acids is 1. The minimum Gasteiger partial charge on any atom is -0.496 e. The Bertz CT molecular complexity index is 370. The summed E-state index contributed by atoms with van der Waals surface area (Å²) in [4.78, 5) is 10.8. The number of benzene rings is 1. The lowest BCUT2D eigenvalue weighted by Gasteiger charge is -2.05. The molecule has 0 N–H and O–H groups in total. The predicted molar refractivity (Wildman–Crippen MR) is 57.7 cm³/mol. The van der Waals surface area contributed by atoms with E-state index >= 15 is 0 Å². The van der Waals surface area contributed by atoms with Gasteiger partial charge in [0, 0.05) is 5.56 Å². The average Bonchev–Trinajstić information content (AvgIpc) is 2.15. The molecule has 1 rings (SSSR count). The molecular formula is C11H11ClO2. The number of ketones is 1. The number of hydrogen-bond donors (Lipinski definition) is 0. The van der Waals surface area contributed by atoms with E-state index in [1.54, 1.807) is 31.4 Å². The molecule has 14 heavy (non-hydrogen) atoms. The first-order valence-electron chi connectivity index (χ1n) is 4.16. The van der Waals surface area contributed by atoms with E-state index < -0.39 is 0 Å². The number of carbonyl (C=O) groups is 1. The number of rotatable bonds is 3. The van der Waals surface area contributed by atoms with Crippen LogP contribution >= 0.6 is 11.6 Å². The van der Waals surface area contributed by atoms with Crippen LogP contribution in [-0.4, -0.2) is 12.9 Å². The Morgan fingerprint density at radius 1 is 1.50 bits per heavy atom. The van der Waals surface area contributed by atoms with Gasteiger partial charge in [-0.15, -0.1) is 0 Å². The summed E-state index contributed by atoms with van der Waals surface area (Å²) in [5, 5.41) is 0.571. The van der Waals surface area contributed by atoms with Crippen LogP contribution in [0.3, 0.4) is 0 Å². The molecule has 0 saturated heterocycles. The minimum atomic E-state index is -0.0213. The van der Waals surface area contributed by atoms with Crippen LogP contribution in [0.25, 0.3) is 6.08 Å². The standard InChI is InChI=1S/C11H11ClO2/c1-8(13)6-7-9-10(12)4-3-5-11(9)14-2/h3-7H,1-2H3/b7-6+. The number of hydrogen-bond acceptors (Lipinski definition) is 2. The summed E-state index contributed by atoms with van der Waals surface area (Å²) >= 11 is 5.95. The fraction of sp³-hybridized carbons (Fsp3) is 0.182. The van der Waals surface area contributed by atoms with Crippen LogP contribution in [0.1, 0.15) is 12.5 Å². The highest BCUT2D eigenvalue weighted by atomic mass is 35.5. The van der Waals surface area contributed by atoms with Gasteiger partial charge in [-0.3, -0.25) is 4.79 Å². The van der Waals surface area contributed by atoms with E-state index in [1.165, 1.54) is 13.0 Å². The molecule has 1 aromatic rings. The van der Waals surface area contributed by atoms with Crippen LogP contribution in [-0.2, 0) is 4.79 Å². The van der Waals surface area contributed by atoms with Gasteiger partial charge in [0.1, 0.15) is 5.75 Å². The molecule has 0 heterocycles. The van der Waals surface area contributed by atoms with Gasteiger partial charge in [-0.05, 0) is 31.2 Å². The maximum absolute atomic E-state index is 10.8. The summed E-state index contributed by atoms with van der Waals surface area (Å²) in [6.45, 7) is 1.49. The van der Waals surface area contributed by atoms with Gasteiger partial charge in [-0.2, -0.15) is 0 Å². The van der Waals surface area contributed by atoms with Gasteiger partial charge in [0.05, 0.1) is 12.1 Å². The zero-order valence-corrected chi connectivity index (χ0v) is 8.84. The van der Waals surface area contributed by atoms with Crippen molar-refractivity contribution in [3.63, 3.8) is 0 Å². The summed E-state index contributed by atoms with van der Waals surface area (Å²) in [6, 6.07) is 5.35. The van der Waals surface area contributed by atoms with Crippen molar-refractivity contribution in [3.05, 3.63) is 34.9 Å². The molecule has 0 aliphatic rings. The number of ether oxygens (including phenoxy) is 1. The lowest BCUT2D eigenvalue weighted by molar-refractivity contribution is -0.112. The Morgan fingerprint density at radius 3 is 2.79 bits per heavy atom. The average molecular weight is 211 g/mol. The normalized spacial score (nSPS) is 10.5. The topological polar surface area (TPSA) is 26.3 Å². The molecule has 0 aromatic heterocycles. The van der Waals surface area contributed by atoms with Crippen molar-refractivity contribution < 1.29 is 9.53 Å². The summed E-state index contributed by atoms with van der Waals surface area (Å²) in [7, 11) is 1.57. The van der Waals surface area contributed by atoms with Gasteiger partial charge in [-0.25, -0.2) is 0 Å². The van der Waals surface area contributed by atoms with Crippen LogP contribution in [0.5, 0.6) is 5.75 Å². The number of allylic oxidation sites excluding steroid dienone is 1. The third-order valence-corrected chi connectivity index (χ3v) is 2.05. The molecule has 0 saturated carbocycles. The highest BCUT2D eigenvalue weighted by Gasteiger charge is 2.03. The second-order valence-corrected chi connectivity index (χ2v) is 3.21. The van der Waals surface area contributed by atoms with Gasteiger partial charge < -0.3 is 4.74 Å². The molecule has 3 heteroatoms. The molecule has 0 bridgehead atoms. The van der Waals surface area contributed by atoms with E-state index in [4.69, 9.17) is 16.3 Å². The Kier molecular flexibility index (Phi) is 3.72. The second kappa shape index (κ2) is 4.82. The van der Waals surface area contributed by atoms with Gasteiger partial charge >= 0.3 is 0 Å². The van der Waals surface area contributed by atoms with E-state index in [0.29, 0.717) is 10.8 Å². The summed E-state index contributed by atoms with van der Waals surface area (Å²) in [5.74, 6) is 0.641. The van der Waals surface area contributed by atoms with E-state index in [2.05, 4.69) is 0 Å². The molecule has 74 valence electrons. The first-order chi connectivity index (χ1) is 6.65. The molecule has 0 fully saturated rings. The molecule has 0 atom stereocenters. The molecule has 0 unspecified atom stereocenters. The van der Waals surface area contributed by atoms with E-state index in [0.717, 1.165) is 5.56 Å². The van der Waals surface area contributed by atoms with Crippen molar-refractivity contribution in [3.8, 4) is 5.75 Å². The van der Waals surface area contributed by atoms with Crippen molar-refractivity contribution >= 4 is 23.5 Å². The molecule has 2 nitrogen and oxygen atoms in total. The van der Waals surface area contributed by atoms with E-state index in [1.807, 2.05) is 0 Å². The quantitative estimate of drug-likeness (QED) is 0.717. The van der Waals surface area contributed by atoms with Crippen molar-refractivity contribution in [1.82, 2.24) is 0 Å². The summed E-state index contributed by atoms with van der Waals surface area (Å²) < 4.78 is 5.11. The summed E-state index contributed by atoms with van der Waals surface area (Å²) in [5.41, 5.74) is 0.729. The molecule has 0 amide bonds. The highest BCUT2D eigenvalue weighted by molar-refractivity contribution is 6.32. The Labute approximate surface area is 88.1 Å². The largest absolute Gasteiger partial charge is 0.496 e. The van der Waals surface area contributed by atoms with Crippen molar-refractivity contribution in [2.75, 3.05) is 7.11 Å². The number of halogens is 1. The van der Waals surface area contributed by atoms with Crippen molar-refractivity contribution in [1.29, 1.82) is 0 Å². The Hall–Kier alpha value is -1.28. The molecule has 0 aliphatic carbocycles. The van der Waals surface area contributed by atoms with Gasteiger partial charge in [0.15, 0.2) is 5.78 Å². The molecular weight excluding hydrogens is 200 g/mol. The van der Waals surface area contributed by atoms with E-state index in [9.17, 15) is 4.79 Å². The smallest absolute Gasteiger partial charge is 0.152 e. The maximum atomic E-state index is 10.8.